The van der Waals surface area contributed by atoms with Crippen molar-refractivity contribution in [2.75, 3.05) is 34.1 Å². The number of aromatic nitrogens is 1. The SMILES string of the molecule is CCC(C)(C)C(=O)OCCSC(C)C(=O)NC1=NC(=Cc2[nH]c(NC(=O)CCCCSC(CC(=O)O)C(=O)O)c(C(=O)Nc3c(Cl)cccc3Cl)c2C(C)C)C(C(C)C)=C1C(=O)Nc1c(Cl)cccc1Cl. The number of carboxylic acid groups (broad SMARTS) is 2. The third-order valence-corrected chi connectivity index (χ3v) is 14.8. The Balaban J connectivity index is 1.79. The van der Waals surface area contributed by atoms with Crippen molar-refractivity contribution in [3.63, 3.8) is 0 Å². The molecule has 71 heavy (non-hydrogen) atoms. The van der Waals surface area contributed by atoms with Gasteiger partial charge in [-0.3, -0.25) is 33.6 Å². The summed E-state index contributed by atoms with van der Waals surface area (Å²) < 4.78 is 5.46. The van der Waals surface area contributed by atoms with E-state index in [1.807, 2.05) is 34.6 Å². The van der Waals surface area contributed by atoms with Gasteiger partial charge in [-0.2, -0.15) is 0 Å². The van der Waals surface area contributed by atoms with Crippen molar-refractivity contribution in [1.82, 2.24) is 10.3 Å². The second kappa shape index (κ2) is 26.6. The van der Waals surface area contributed by atoms with Crippen LogP contribution in [0.1, 0.15) is 115 Å². The van der Waals surface area contributed by atoms with Crippen molar-refractivity contribution in [3.05, 3.63) is 90.2 Å². The minimum absolute atomic E-state index is 0.0109. The average molecular weight is 1100 g/mol. The van der Waals surface area contributed by atoms with Crippen molar-refractivity contribution in [3.8, 4) is 0 Å². The number of thioether (sulfide) groups is 2. The normalized spacial score (nSPS) is 14.1. The molecule has 1 aromatic heterocycles. The first-order valence-corrected chi connectivity index (χ1v) is 26.3. The summed E-state index contributed by atoms with van der Waals surface area (Å²) in [5.41, 5.74) is 1.05. The van der Waals surface area contributed by atoms with Crippen LogP contribution in [0.15, 0.2) is 58.2 Å². The maximum atomic E-state index is 14.5. The van der Waals surface area contributed by atoms with E-state index in [4.69, 9.17) is 61.2 Å². The van der Waals surface area contributed by atoms with E-state index in [0.29, 0.717) is 41.8 Å². The van der Waals surface area contributed by atoms with Crippen LogP contribution in [0.25, 0.3) is 6.08 Å². The number of ether oxygens (including phenoxy) is 1. The molecule has 1 aliphatic rings. The zero-order valence-corrected chi connectivity index (χ0v) is 45.1. The minimum Gasteiger partial charge on any atom is -0.481 e. The standard InChI is InChI=1S/C49H58Cl4N6O10S2/c1-9-49(7,8)48(68)69-19-21-70-26(6)44(63)59-43-39(46(65)58-41-29(52)16-13-17-30(41)53)37(25(4)5)32(55-43)22-31-36(24(2)3)38(45(64)57-40-27(50)14-12-15-28(40)51)42(54-31)56-34(60)18-10-11-20-71-33(47(66)67)23-35(61)62/h12-17,22,24-26,33,54H,9-11,18-21,23H2,1-8H3,(H,56,60)(H,57,64)(H,58,65)(H,61,62)(H,66,67)(H,55,59,63). The number of aliphatic carboxylic acids is 2. The van der Waals surface area contributed by atoms with Gasteiger partial charge in [0.15, 0.2) is 0 Å². The number of H-pyrrole nitrogens is 1. The van der Waals surface area contributed by atoms with Crippen LogP contribution in [-0.4, -0.2) is 91.2 Å². The second-order valence-corrected chi connectivity index (χ2v) is 22.0. The van der Waals surface area contributed by atoms with Crippen LogP contribution in [0.4, 0.5) is 17.2 Å². The summed E-state index contributed by atoms with van der Waals surface area (Å²) >= 11 is 28.1. The fourth-order valence-corrected chi connectivity index (χ4v) is 9.78. The molecule has 0 saturated carbocycles. The summed E-state index contributed by atoms with van der Waals surface area (Å²) in [6, 6.07) is 9.44. The Morgan fingerprint density at radius 2 is 1.37 bits per heavy atom. The topological polar surface area (TPSA) is 245 Å². The van der Waals surface area contributed by atoms with E-state index in [2.05, 4.69) is 26.3 Å². The number of aliphatic imine (C=N–C) groups is 1. The molecule has 0 spiro atoms. The highest BCUT2D eigenvalue weighted by Gasteiger charge is 2.35. The van der Waals surface area contributed by atoms with Crippen LogP contribution in [0.2, 0.25) is 20.1 Å². The molecule has 2 atom stereocenters. The molecule has 16 nitrogen and oxygen atoms in total. The van der Waals surface area contributed by atoms with E-state index in [1.165, 1.54) is 11.8 Å². The first kappa shape index (κ1) is 58.6. The Morgan fingerprint density at radius 1 is 0.789 bits per heavy atom. The van der Waals surface area contributed by atoms with Gasteiger partial charge >= 0.3 is 17.9 Å². The van der Waals surface area contributed by atoms with Gasteiger partial charge in [-0.05, 0) is 99.1 Å². The molecule has 0 radical (unpaired) electrons. The molecule has 2 unspecified atom stereocenters. The molecule has 384 valence electrons. The van der Waals surface area contributed by atoms with Gasteiger partial charge in [-0.25, -0.2) is 4.99 Å². The number of nitrogens with zero attached hydrogens (tertiary/aromatic N) is 1. The van der Waals surface area contributed by atoms with Crippen molar-refractivity contribution < 1.29 is 48.5 Å². The molecule has 0 bridgehead atoms. The van der Waals surface area contributed by atoms with Gasteiger partial charge < -0.3 is 41.2 Å². The minimum atomic E-state index is -1.24. The predicted molar refractivity (Wildman–Crippen MR) is 285 cm³/mol. The summed E-state index contributed by atoms with van der Waals surface area (Å²) in [5, 5.41) is 28.5. The second-order valence-electron chi connectivity index (χ2n) is 17.6. The van der Waals surface area contributed by atoms with E-state index in [-0.39, 0.29) is 84.7 Å². The van der Waals surface area contributed by atoms with Crippen LogP contribution < -0.4 is 21.3 Å². The third-order valence-electron chi connectivity index (χ3n) is 11.1. The lowest BCUT2D eigenvalue weighted by Crippen LogP contribution is -2.39. The Morgan fingerprint density at radius 3 is 1.89 bits per heavy atom. The maximum Gasteiger partial charge on any atom is 0.317 e. The number of carboxylic acids is 2. The van der Waals surface area contributed by atoms with E-state index in [0.717, 1.165) is 11.8 Å². The molecule has 2 aromatic carbocycles. The fourth-order valence-electron chi connectivity index (χ4n) is 6.99. The number of nitrogens with one attached hydrogen (secondary N) is 5. The summed E-state index contributed by atoms with van der Waals surface area (Å²) in [5.74, 6) is -5.45. The summed E-state index contributed by atoms with van der Waals surface area (Å²) in [7, 11) is 0. The lowest BCUT2D eigenvalue weighted by Gasteiger charge is -2.20. The highest BCUT2D eigenvalue weighted by Crippen LogP contribution is 2.39. The molecular formula is C49H58Cl4N6O10S2. The Labute approximate surface area is 441 Å². The zero-order chi connectivity index (χ0) is 52.9. The number of hydrogen-bond acceptors (Lipinski definition) is 11. The summed E-state index contributed by atoms with van der Waals surface area (Å²) in [4.78, 5) is 99.7. The van der Waals surface area contributed by atoms with Gasteiger partial charge in [0.1, 0.15) is 23.5 Å². The number of hydrogen-bond donors (Lipinski definition) is 7. The Kier molecular flexibility index (Phi) is 22.0. The predicted octanol–water partition coefficient (Wildman–Crippen LogP) is 11.3. The lowest BCUT2D eigenvalue weighted by atomic mass is 9.91. The van der Waals surface area contributed by atoms with Gasteiger partial charge in [-0.1, -0.05) is 93.2 Å². The summed E-state index contributed by atoms with van der Waals surface area (Å²) in [6.45, 7) is 14.6. The lowest BCUT2D eigenvalue weighted by molar-refractivity contribution is -0.153. The van der Waals surface area contributed by atoms with E-state index >= 15 is 0 Å². The molecular weight excluding hydrogens is 1040 g/mol. The number of para-hydroxylation sites is 2. The molecule has 4 amide bonds. The van der Waals surface area contributed by atoms with E-state index < -0.39 is 69.7 Å². The van der Waals surface area contributed by atoms with Gasteiger partial charge in [0.25, 0.3) is 11.8 Å². The molecule has 7 N–H and O–H groups in total. The first-order chi connectivity index (χ1) is 33.4. The highest BCUT2D eigenvalue weighted by atomic mass is 35.5. The van der Waals surface area contributed by atoms with Crippen molar-refractivity contribution in [2.45, 2.75) is 104 Å². The van der Waals surface area contributed by atoms with Crippen molar-refractivity contribution in [2.24, 2.45) is 16.3 Å². The smallest absolute Gasteiger partial charge is 0.317 e. The van der Waals surface area contributed by atoms with Gasteiger partial charge in [0.2, 0.25) is 11.8 Å². The molecule has 3 aromatic rings. The monoisotopic (exact) mass is 1090 g/mol. The highest BCUT2D eigenvalue weighted by molar-refractivity contribution is 8.00. The number of allylic oxidation sites excluding steroid dienone is 1. The number of rotatable bonds is 24. The molecule has 0 aliphatic carbocycles. The Hall–Kier alpha value is -4.98. The number of amides is 4. The van der Waals surface area contributed by atoms with Crippen molar-refractivity contribution >= 4 is 141 Å². The molecule has 1 aliphatic heterocycles. The van der Waals surface area contributed by atoms with Crippen LogP contribution >= 0.6 is 69.9 Å². The van der Waals surface area contributed by atoms with Crippen LogP contribution in [0.5, 0.6) is 0 Å². The third kappa shape index (κ3) is 16.0. The molecule has 2 heterocycles. The van der Waals surface area contributed by atoms with Gasteiger partial charge in [0.05, 0.1) is 65.4 Å². The molecule has 4 rings (SSSR count). The number of benzene rings is 2. The van der Waals surface area contributed by atoms with Crippen LogP contribution in [0.3, 0.4) is 0 Å². The number of carbonyl (C=O) groups is 7. The molecule has 0 fully saturated rings. The number of anilines is 3. The number of amidine groups is 1. The quantitative estimate of drug-likeness (QED) is 0.0327. The van der Waals surface area contributed by atoms with Gasteiger partial charge in [0, 0.05) is 17.9 Å². The number of unbranched alkanes of at least 4 members (excludes halogenated alkanes) is 1. The molecule has 22 heteroatoms. The van der Waals surface area contributed by atoms with Crippen LogP contribution in [-0.2, 0) is 33.5 Å². The average Bonchev–Trinajstić information content (AvgIpc) is 3.84. The van der Waals surface area contributed by atoms with E-state index in [1.54, 1.807) is 63.2 Å². The van der Waals surface area contributed by atoms with Gasteiger partial charge in [-0.15, -0.1) is 23.5 Å². The Bertz CT molecular complexity index is 2590. The maximum absolute atomic E-state index is 14.5. The van der Waals surface area contributed by atoms with Crippen molar-refractivity contribution in [1.29, 1.82) is 0 Å². The molecule has 0 saturated heterocycles. The first-order valence-electron chi connectivity index (χ1n) is 22.7. The zero-order valence-electron chi connectivity index (χ0n) is 40.4. The fraction of sp³-hybridized carbons (Fsp3) is 0.429. The summed E-state index contributed by atoms with van der Waals surface area (Å²) in [6.07, 6.45) is 2.32. The number of halogens is 4. The van der Waals surface area contributed by atoms with E-state index in [9.17, 15) is 38.7 Å². The largest absolute Gasteiger partial charge is 0.481 e. The number of aromatic amines is 1. The van der Waals surface area contributed by atoms with Crippen LogP contribution in [0, 0.1) is 11.3 Å². The number of esters is 1. The number of carbonyl (C=O) groups excluding carboxylic acids is 5.